The SMILES string of the molecule is CN(C)C1(c2ccccc2)CCC(CNC(=O)N2C=C(c3c[nH]c4ccccc34)CCC2)CC1. The minimum atomic E-state index is 0.0320. The van der Waals surface area contributed by atoms with Gasteiger partial charge in [-0.05, 0) is 75.7 Å². The van der Waals surface area contributed by atoms with Crippen molar-refractivity contribution in [3.8, 4) is 0 Å². The van der Waals surface area contributed by atoms with E-state index in [9.17, 15) is 4.79 Å². The molecule has 0 spiro atoms. The first-order valence-corrected chi connectivity index (χ1v) is 12.6. The van der Waals surface area contributed by atoms with E-state index in [-0.39, 0.29) is 11.6 Å². The maximum Gasteiger partial charge on any atom is 0.321 e. The number of fused-ring (bicyclic) bond motifs is 1. The summed E-state index contributed by atoms with van der Waals surface area (Å²) >= 11 is 0. The average molecular weight is 457 g/mol. The normalized spacial score (nSPS) is 23.2. The summed E-state index contributed by atoms with van der Waals surface area (Å²) in [6.07, 6.45) is 10.6. The Balaban J connectivity index is 1.20. The molecule has 2 aliphatic rings. The molecule has 3 aromatic rings. The van der Waals surface area contributed by atoms with Crippen LogP contribution in [0.2, 0.25) is 0 Å². The summed E-state index contributed by atoms with van der Waals surface area (Å²) in [6, 6.07) is 19.3. The summed E-state index contributed by atoms with van der Waals surface area (Å²) in [5.74, 6) is 0.530. The summed E-state index contributed by atoms with van der Waals surface area (Å²) in [7, 11) is 4.40. The van der Waals surface area contributed by atoms with E-state index in [1.807, 2.05) is 11.0 Å². The number of carbonyl (C=O) groups is 1. The van der Waals surface area contributed by atoms with Crippen molar-refractivity contribution >= 4 is 22.5 Å². The highest BCUT2D eigenvalue weighted by Crippen LogP contribution is 2.42. The van der Waals surface area contributed by atoms with E-state index in [4.69, 9.17) is 0 Å². The van der Waals surface area contributed by atoms with Crippen LogP contribution in [-0.2, 0) is 5.54 Å². The molecule has 2 heterocycles. The van der Waals surface area contributed by atoms with E-state index in [1.165, 1.54) is 22.1 Å². The molecule has 1 fully saturated rings. The van der Waals surface area contributed by atoms with Crippen LogP contribution in [0, 0.1) is 5.92 Å². The number of rotatable bonds is 5. The van der Waals surface area contributed by atoms with Crippen molar-refractivity contribution < 1.29 is 4.79 Å². The number of para-hydroxylation sites is 1. The molecule has 1 aliphatic carbocycles. The molecule has 5 rings (SSSR count). The Morgan fingerprint density at radius 3 is 2.59 bits per heavy atom. The number of amides is 2. The van der Waals surface area contributed by atoms with Gasteiger partial charge < -0.3 is 15.2 Å². The molecule has 2 N–H and O–H groups in total. The number of urea groups is 1. The highest BCUT2D eigenvalue weighted by molar-refractivity contribution is 5.93. The minimum absolute atomic E-state index is 0.0320. The molecule has 1 aliphatic heterocycles. The lowest BCUT2D eigenvalue weighted by Gasteiger charge is -2.45. The first kappa shape index (κ1) is 22.7. The van der Waals surface area contributed by atoms with Gasteiger partial charge in [0.1, 0.15) is 0 Å². The van der Waals surface area contributed by atoms with Crippen molar-refractivity contribution in [3.63, 3.8) is 0 Å². The van der Waals surface area contributed by atoms with Crippen molar-refractivity contribution in [2.24, 2.45) is 5.92 Å². The van der Waals surface area contributed by atoms with Gasteiger partial charge in [-0.2, -0.15) is 0 Å². The summed E-state index contributed by atoms with van der Waals surface area (Å²) in [4.78, 5) is 20.7. The summed E-state index contributed by atoms with van der Waals surface area (Å²) in [5.41, 5.74) is 5.09. The highest BCUT2D eigenvalue weighted by Gasteiger charge is 2.38. The van der Waals surface area contributed by atoms with Crippen LogP contribution in [-0.4, -0.2) is 48.0 Å². The van der Waals surface area contributed by atoms with Gasteiger partial charge in [-0.3, -0.25) is 4.90 Å². The van der Waals surface area contributed by atoms with Crippen molar-refractivity contribution in [1.29, 1.82) is 0 Å². The number of carbonyl (C=O) groups excluding carboxylic acids is 1. The molecule has 5 nitrogen and oxygen atoms in total. The van der Waals surface area contributed by atoms with Crippen LogP contribution in [0.4, 0.5) is 4.79 Å². The zero-order valence-electron chi connectivity index (χ0n) is 20.4. The summed E-state index contributed by atoms with van der Waals surface area (Å²) < 4.78 is 0. The molecule has 2 aromatic carbocycles. The molecule has 34 heavy (non-hydrogen) atoms. The Morgan fingerprint density at radius 2 is 1.82 bits per heavy atom. The molecular formula is C29H36N4O. The molecule has 178 valence electrons. The third-order valence-corrected chi connectivity index (χ3v) is 7.99. The predicted octanol–water partition coefficient (Wildman–Crippen LogP) is 5.96. The van der Waals surface area contributed by atoms with Crippen LogP contribution in [0.5, 0.6) is 0 Å². The Labute approximate surface area is 202 Å². The maximum absolute atomic E-state index is 13.0. The number of hydrogen-bond acceptors (Lipinski definition) is 2. The largest absolute Gasteiger partial charge is 0.361 e. The lowest BCUT2D eigenvalue weighted by molar-refractivity contribution is 0.0773. The van der Waals surface area contributed by atoms with Gasteiger partial charge in [-0.1, -0.05) is 48.5 Å². The van der Waals surface area contributed by atoms with Crippen LogP contribution in [0.3, 0.4) is 0 Å². The molecule has 0 atom stereocenters. The van der Waals surface area contributed by atoms with Gasteiger partial charge in [0.15, 0.2) is 0 Å². The van der Waals surface area contributed by atoms with E-state index in [2.05, 4.69) is 90.2 Å². The van der Waals surface area contributed by atoms with Crippen molar-refractivity contribution in [3.05, 3.63) is 78.1 Å². The van der Waals surface area contributed by atoms with Crippen LogP contribution < -0.4 is 5.32 Å². The van der Waals surface area contributed by atoms with Crippen LogP contribution in [0.25, 0.3) is 16.5 Å². The number of H-pyrrole nitrogens is 1. The van der Waals surface area contributed by atoms with E-state index >= 15 is 0 Å². The van der Waals surface area contributed by atoms with Gasteiger partial charge in [0.2, 0.25) is 0 Å². The standard InChI is InChI=1S/C29H36N4O/c1-32(2)29(24-10-4-3-5-11-24)16-14-22(15-17-29)19-31-28(34)33-18-8-9-23(21-33)26-20-30-27-13-7-6-12-25(26)27/h3-7,10-13,20-22,30H,8-9,14-19H2,1-2H3,(H,31,34). The first-order chi connectivity index (χ1) is 16.6. The summed E-state index contributed by atoms with van der Waals surface area (Å²) in [6.45, 7) is 1.53. The highest BCUT2D eigenvalue weighted by atomic mass is 16.2. The number of hydrogen-bond donors (Lipinski definition) is 2. The lowest BCUT2D eigenvalue weighted by atomic mass is 9.72. The van der Waals surface area contributed by atoms with Crippen LogP contribution >= 0.6 is 0 Å². The van der Waals surface area contributed by atoms with Crippen LogP contribution in [0.15, 0.2) is 67.0 Å². The van der Waals surface area contributed by atoms with Gasteiger partial charge in [0, 0.05) is 47.5 Å². The third-order valence-electron chi connectivity index (χ3n) is 7.99. The molecule has 1 saturated carbocycles. The first-order valence-electron chi connectivity index (χ1n) is 12.6. The quantitative estimate of drug-likeness (QED) is 0.498. The summed E-state index contributed by atoms with van der Waals surface area (Å²) in [5, 5.41) is 4.47. The van der Waals surface area contributed by atoms with E-state index in [0.717, 1.165) is 57.1 Å². The Morgan fingerprint density at radius 1 is 1.09 bits per heavy atom. The number of aromatic nitrogens is 1. The zero-order valence-corrected chi connectivity index (χ0v) is 20.4. The monoisotopic (exact) mass is 456 g/mol. The second kappa shape index (κ2) is 9.67. The van der Waals surface area contributed by atoms with Gasteiger partial charge >= 0.3 is 6.03 Å². The van der Waals surface area contributed by atoms with E-state index in [0.29, 0.717) is 5.92 Å². The number of nitrogens with zero attached hydrogens (tertiary/aromatic N) is 2. The molecule has 0 bridgehead atoms. The van der Waals surface area contributed by atoms with Crippen LogP contribution in [0.1, 0.15) is 49.7 Å². The number of allylic oxidation sites excluding steroid dienone is 1. The minimum Gasteiger partial charge on any atom is -0.361 e. The number of nitrogens with one attached hydrogen (secondary N) is 2. The van der Waals surface area contributed by atoms with Crippen molar-refractivity contribution in [2.75, 3.05) is 27.2 Å². The Hall–Kier alpha value is -3.05. The predicted molar refractivity (Wildman–Crippen MR) is 139 cm³/mol. The molecule has 0 saturated heterocycles. The van der Waals surface area contributed by atoms with Crippen molar-refractivity contribution in [1.82, 2.24) is 20.1 Å². The van der Waals surface area contributed by atoms with Crippen molar-refractivity contribution in [2.45, 2.75) is 44.1 Å². The Bertz CT molecular complexity index is 1160. The van der Waals surface area contributed by atoms with Gasteiger partial charge in [-0.15, -0.1) is 0 Å². The van der Waals surface area contributed by atoms with Gasteiger partial charge in [0.25, 0.3) is 0 Å². The molecule has 0 unspecified atom stereocenters. The number of aromatic amines is 1. The van der Waals surface area contributed by atoms with E-state index < -0.39 is 0 Å². The topological polar surface area (TPSA) is 51.4 Å². The fraction of sp³-hybridized carbons (Fsp3) is 0.414. The second-order valence-corrected chi connectivity index (χ2v) is 10.1. The van der Waals surface area contributed by atoms with Gasteiger partial charge in [-0.25, -0.2) is 4.79 Å². The third kappa shape index (κ3) is 4.37. The molecule has 5 heteroatoms. The molecule has 0 radical (unpaired) electrons. The number of benzene rings is 2. The lowest BCUT2D eigenvalue weighted by Crippen LogP contribution is -2.46. The average Bonchev–Trinajstić information content (AvgIpc) is 3.32. The van der Waals surface area contributed by atoms with Gasteiger partial charge in [0.05, 0.1) is 0 Å². The molecule has 1 aromatic heterocycles. The fourth-order valence-electron chi connectivity index (χ4n) is 5.89. The Kier molecular flexibility index (Phi) is 6.46. The zero-order chi connectivity index (χ0) is 23.5. The molecular weight excluding hydrogens is 420 g/mol. The second-order valence-electron chi connectivity index (χ2n) is 10.1. The van der Waals surface area contributed by atoms with E-state index in [1.54, 1.807) is 0 Å². The fourth-order valence-corrected chi connectivity index (χ4v) is 5.89. The molecule has 2 amide bonds. The smallest absolute Gasteiger partial charge is 0.321 e. The maximum atomic E-state index is 13.0.